The molecule has 1 N–H and O–H groups in total. The van der Waals surface area contributed by atoms with E-state index in [1.807, 2.05) is 4.90 Å². The van der Waals surface area contributed by atoms with E-state index in [1.165, 1.54) is 4.90 Å². The van der Waals surface area contributed by atoms with E-state index in [1.54, 1.807) is 14.0 Å². The van der Waals surface area contributed by atoms with Gasteiger partial charge in [-0.2, -0.15) is 0 Å². The van der Waals surface area contributed by atoms with Crippen molar-refractivity contribution >= 4 is 12.1 Å². The van der Waals surface area contributed by atoms with Crippen molar-refractivity contribution in [3.63, 3.8) is 0 Å². The summed E-state index contributed by atoms with van der Waals surface area (Å²) in [5.41, 5.74) is 0. The number of nitrogens with zero attached hydrogens (tertiary/aromatic N) is 2. The summed E-state index contributed by atoms with van der Waals surface area (Å²) in [6.07, 6.45) is -0.938. The number of methoxy groups -OCH3 is 1. The number of ether oxygens (including phenoxy) is 2. The Morgan fingerprint density at radius 2 is 2.11 bits per heavy atom. The summed E-state index contributed by atoms with van der Waals surface area (Å²) in [6.45, 7) is 3.94. The van der Waals surface area contributed by atoms with E-state index < -0.39 is 6.09 Å². The van der Waals surface area contributed by atoms with Gasteiger partial charge in [-0.15, -0.1) is 0 Å². The van der Waals surface area contributed by atoms with Crippen LogP contribution in [0.2, 0.25) is 0 Å². The average Bonchev–Trinajstić information content (AvgIpc) is 2.31. The largest absolute Gasteiger partial charge is 0.465 e. The number of carbonyl (C=O) groups excluding carboxylic acids is 1. The third-order valence-corrected chi connectivity index (χ3v) is 2.87. The van der Waals surface area contributed by atoms with Gasteiger partial charge in [-0.05, 0) is 6.92 Å². The Kier molecular flexibility index (Phi) is 5.87. The zero-order valence-electron chi connectivity index (χ0n) is 10.8. The molecule has 0 aromatic rings. The van der Waals surface area contributed by atoms with Crippen molar-refractivity contribution < 1.29 is 24.2 Å². The summed E-state index contributed by atoms with van der Waals surface area (Å²) < 4.78 is 9.96. The Balaban J connectivity index is 2.55. The van der Waals surface area contributed by atoms with Gasteiger partial charge in [0.05, 0.1) is 25.8 Å². The lowest BCUT2D eigenvalue weighted by molar-refractivity contribution is -0.146. The van der Waals surface area contributed by atoms with E-state index in [0.717, 1.165) is 0 Å². The van der Waals surface area contributed by atoms with Crippen LogP contribution >= 0.6 is 0 Å². The Bertz CT molecular complexity index is 297. The second kappa shape index (κ2) is 7.17. The first-order valence-electron chi connectivity index (χ1n) is 5.95. The van der Waals surface area contributed by atoms with Crippen LogP contribution in [-0.2, 0) is 14.3 Å². The molecule has 1 aliphatic heterocycles. The summed E-state index contributed by atoms with van der Waals surface area (Å²) in [5.74, 6) is -0.289. The fourth-order valence-corrected chi connectivity index (χ4v) is 2.00. The minimum atomic E-state index is -0.938. The fraction of sp³-hybridized carbons (Fsp3) is 0.818. The minimum absolute atomic E-state index is 0.107. The number of hydrogen-bond donors (Lipinski definition) is 1. The van der Waals surface area contributed by atoms with Gasteiger partial charge in [-0.1, -0.05) is 0 Å². The zero-order valence-corrected chi connectivity index (χ0v) is 10.8. The van der Waals surface area contributed by atoms with Gasteiger partial charge in [0.2, 0.25) is 0 Å². The molecule has 1 aliphatic rings. The third kappa shape index (κ3) is 4.15. The zero-order chi connectivity index (χ0) is 13.5. The molecule has 1 amide bonds. The van der Waals surface area contributed by atoms with E-state index >= 15 is 0 Å². The molecule has 104 valence electrons. The molecule has 0 aromatic heterocycles. The van der Waals surface area contributed by atoms with Crippen molar-refractivity contribution in [3.8, 4) is 0 Å². The molecule has 1 rings (SSSR count). The fourth-order valence-electron chi connectivity index (χ4n) is 2.00. The van der Waals surface area contributed by atoms with Crippen molar-refractivity contribution in [1.82, 2.24) is 9.80 Å². The first kappa shape index (κ1) is 14.7. The van der Waals surface area contributed by atoms with Gasteiger partial charge in [0.1, 0.15) is 0 Å². The van der Waals surface area contributed by atoms with Crippen LogP contribution in [0.3, 0.4) is 0 Å². The highest BCUT2D eigenvalue weighted by atomic mass is 16.5. The molecule has 0 aliphatic carbocycles. The van der Waals surface area contributed by atoms with Crippen molar-refractivity contribution in [2.75, 3.05) is 46.5 Å². The van der Waals surface area contributed by atoms with Crippen LogP contribution in [0, 0.1) is 0 Å². The van der Waals surface area contributed by atoms with Crippen LogP contribution in [0.1, 0.15) is 6.92 Å². The summed E-state index contributed by atoms with van der Waals surface area (Å²) >= 11 is 0. The Morgan fingerprint density at radius 3 is 2.67 bits per heavy atom. The Labute approximate surface area is 106 Å². The maximum Gasteiger partial charge on any atom is 0.407 e. The Hall–Kier alpha value is -1.34. The second-order valence-corrected chi connectivity index (χ2v) is 4.11. The highest BCUT2D eigenvalue weighted by Gasteiger charge is 2.30. The summed E-state index contributed by atoms with van der Waals surface area (Å²) in [6, 6.07) is -0.107. The van der Waals surface area contributed by atoms with Crippen LogP contribution < -0.4 is 0 Å². The molecule has 0 aromatic carbocycles. The molecule has 1 atom stereocenters. The van der Waals surface area contributed by atoms with E-state index in [-0.39, 0.29) is 18.6 Å². The summed E-state index contributed by atoms with van der Waals surface area (Å²) in [4.78, 5) is 25.6. The van der Waals surface area contributed by atoms with Crippen molar-refractivity contribution in [1.29, 1.82) is 0 Å². The SMILES string of the molecule is CCOC(=O)CN1CCN(C(=O)O)C[C@H]1COC. The molecule has 7 nitrogen and oxygen atoms in total. The maximum atomic E-state index is 11.4. The van der Waals surface area contributed by atoms with Gasteiger partial charge in [0.15, 0.2) is 0 Å². The predicted octanol–water partition coefficient (Wildman–Crippen LogP) is -0.140. The number of carboxylic acid groups (broad SMARTS) is 1. The third-order valence-electron chi connectivity index (χ3n) is 2.87. The van der Waals surface area contributed by atoms with E-state index in [2.05, 4.69) is 0 Å². The molecule has 0 saturated carbocycles. The van der Waals surface area contributed by atoms with Gasteiger partial charge < -0.3 is 19.5 Å². The molecule has 0 radical (unpaired) electrons. The van der Waals surface area contributed by atoms with Crippen molar-refractivity contribution in [2.45, 2.75) is 13.0 Å². The minimum Gasteiger partial charge on any atom is -0.465 e. The summed E-state index contributed by atoms with van der Waals surface area (Å²) in [5, 5.41) is 8.95. The Morgan fingerprint density at radius 1 is 1.39 bits per heavy atom. The quantitative estimate of drug-likeness (QED) is 0.693. The number of esters is 1. The highest BCUT2D eigenvalue weighted by Crippen LogP contribution is 2.10. The molecule has 0 spiro atoms. The molecule has 1 fully saturated rings. The van der Waals surface area contributed by atoms with Crippen LogP contribution in [0.15, 0.2) is 0 Å². The molecule has 0 unspecified atom stereocenters. The van der Waals surface area contributed by atoms with Crippen molar-refractivity contribution in [2.24, 2.45) is 0 Å². The second-order valence-electron chi connectivity index (χ2n) is 4.11. The maximum absolute atomic E-state index is 11.4. The van der Waals surface area contributed by atoms with Crippen LogP contribution in [0.5, 0.6) is 0 Å². The number of hydrogen-bond acceptors (Lipinski definition) is 5. The van der Waals surface area contributed by atoms with Gasteiger partial charge in [0, 0.05) is 26.7 Å². The van der Waals surface area contributed by atoms with Gasteiger partial charge in [0.25, 0.3) is 0 Å². The average molecular weight is 260 g/mol. The number of carbonyl (C=O) groups is 2. The molecule has 1 saturated heterocycles. The molecule has 7 heteroatoms. The highest BCUT2D eigenvalue weighted by molar-refractivity contribution is 5.71. The molecular formula is C11H20N2O5. The van der Waals surface area contributed by atoms with E-state index in [0.29, 0.717) is 32.8 Å². The van der Waals surface area contributed by atoms with E-state index in [9.17, 15) is 9.59 Å². The first-order valence-corrected chi connectivity index (χ1v) is 5.95. The number of rotatable bonds is 5. The smallest absolute Gasteiger partial charge is 0.407 e. The van der Waals surface area contributed by atoms with Gasteiger partial charge in [-0.3, -0.25) is 9.69 Å². The topological polar surface area (TPSA) is 79.3 Å². The lowest BCUT2D eigenvalue weighted by Gasteiger charge is -2.39. The van der Waals surface area contributed by atoms with Gasteiger partial charge in [-0.25, -0.2) is 4.79 Å². The molecular weight excluding hydrogens is 240 g/mol. The number of amides is 1. The van der Waals surface area contributed by atoms with Crippen LogP contribution in [0.4, 0.5) is 4.79 Å². The standard InChI is InChI=1S/C11H20N2O5/c1-3-18-10(14)7-12-4-5-13(11(15)16)6-9(12)8-17-2/h9H,3-8H2,1-2H3,(H,15,16)/t9-/m0/s1. The normalized spacial score (nSPS) is 20.8. The van der Waals surface area contributed by atoms with Crippen LogP contribution in [0.25, 0.3) is 0 Å². The monoisotopic (exact) mass is 260 g/mol. The lowest BCUT2D eigenvalue weighted by Crippen LogP contribution is -2.57. The number of piperazine rings is 1. The van der Waals surface area contributed by atoms with Crippen molar-refractivity contribution in [3.05, 3.63) is 0 Å². The predicted molar refractivity (Wildman–Crippen MR) is 63.5 cm³/mol. The van der Waals surface area contributed by atoms with Crippen LogP contribution in [-0.4, -0.2) is 79.5 Å². The molecule has 18 heavy (non-hydrogen) atoms. The summed E-state index contributed by atoms with van der Waals surface area (Å²) in [7, 11) is 1.56. The first-order chi connectivity index (χ1) is 8.58. The molecule has 1 heterocycles. The van der Waals surface area contributed by atoms with Gasteiger partial charge >= 0.3 is 12.1 Å². The van der Waals surface area contributed by atoms with E-state index in [4.69, 9.17) is 14.6 Å². The lowest BCUT2D eigenvalue weighted by atomic mass is 10.2. The molecule has 0 bridgehead atoms.